The van der Waals surface area contributed by atoms with E-state index in [-0.39, 0.29) is 5.92 Å². The first-order valence-corrected chi connectivity index (χ1v) is 9.36. The quantitative estimate of drug-likeness (QED) is 0.487. The first-order chi connectivity index (χ1) is 13.7. The van der Waals surface area contributed by atoms with Gasteiger partial charge in [-0.2, -0.15) is 0 Å². The summed E-state index contributed by atoms with van der Waals surface area (Å²) in [6, 6.07) is 29.8. The van der Waals surface area contributed by atoms with Crippen LogP contribution in [0.1, 0.15) is 36.0 Å². The molecule has 144 valence electrons. The molecule has 1 unspecified atom stereocenters. The Morgan fingerprint density at radius 1 is 0.786 bits per heavy atom. The van der Waals surface area contributed by atoms with Crippen molar-refractivity contribution < 1.29 is 9.59 Å². The average molecular weight is 373 g/mol. The smallest absolute Gasteiger partial charge is 0.127 e. The van der Waals surface area contributed by atoms with Crippen LogP contribution in [-0.4, -0.2) is 12.6 Å². The molecule has 3 aromatic carbocycles. The van der Waals surface area contributed by atoms with Crippen molar-refractivity contribution in [3.8, 4) is 0 Å². The fourth-order valence-electron chi connectivity index (χ4n) is 2.29. The van der Waals surface area contributed by atoms with Crippen LogP contribution in [0.5, 0.6) is 0 Å². The maximum atomic E-state index is 10.3. The number of aldehydes is 2. The Hall–Kier alpha value is -3.26. The number of carbonyl (C=O) groups is 2. The first-order valence-electron chi connectivity index (χ1n) is 9.36. The lowest BCUT2D eigenvalue weighted by atomic mass is 10.0. The van der Waals surface area contributed by atoms with E-state index in [9.17, 15) is 9.59 Å². The van der Waals surface area contributed by atoms with E-state index in [0.717, 1.165) is 24.6 Å². The minimum atomic E-state index is 0.0289. The van der Waals surface area contributed by atoms with Crippen LogP contribution in [-0.2, 0) is 16.0 Å². The third-order valence-electron chi connectivity index (χ3n) is 3.96. The summed E-state index contributed by atoms with van der Waals surface area (Å²) in [4.78, 5) is 20.3. The molecule has 0 bridgehead atoms. The largest absolute Gasteiger partial charge is 0.303 e. The van der Waals surface area contributed by atoms with Gasteiger partial charge >= 0.3 is 0 Å². The number of hydrogen-bond donors (Lipinski definition) is 0. The zero-order valence-corrected chi connectivity index (χ0v) is 16.4. The predicted molar refractivity (Wildman–Crippen MR) is 118 cm³/mol. The highest BCUT2D eigenvalue weighted by Crippen LogP contribution is 2.10. The highest BCUT2D eigenvalue weighted by atomic mass is 16.1. The second kappa shape index (κ2) is 14.9. The SMILES string of the molecule is C=Cc1ccccc1.CC(C=O)c1ccccc1.O=CCCc1ccccc1. The number of aryl methyl sites for hydroxylation is 1. The molecular weight excluding hydrogens is 344 g/mol. The molecule has 0 aromatic heterocycles. The van der Waals surface area contributed by atoms with Crippen molar-refractivity contribution >= 4 is 18.6 Å². The Kier molecular flexibility index (Phi) is 12.1. The van der Waals surface area contributed by atoms with Gasteiger partial charge < -0.3 is 9.59 Å². The summed E-state index contributed by atoms with van der Waals surface area (Å²) in [7, 11) is 0. The van der Waals surface area contributed by atoms with E-state index in [1.54, 1.807) is 0 Å². The van der Waals surface area contributed by atoms with Gasteiger partial charge in [0.1, 0.15) is 12.6 Å². The van der Waals surface area contributed by atoms with Crippen LogP contribution in [0.4, 0.5) is 0 Å². The van der Waals surface area contributed by atoms with Crippen LogP contribution < -0.4 is 0 Å². The summed E-state index contributed by atoms with van der Waals surface area (Å²) >= 11 is 0. The molecule has 0 aliphatic heterocycles. The standard InChI is InChI=1S/2C9H10O.C8H8/c1-8(7-10)9-5-3-2-4-6-9;10-8-4-7-9-5-2-1-3-6-9;1-2-8-6-4-3-5-7-8/h2-8H,1H3;1-3,5-6,8H,4,7H2;2-7H,1H2. The zero-order chi connectivity index (χ0) is 20.5. The lowest BCUT2D eigenvalue weighted by Gasteiger charge is -2.00. The molecule has 0 saturated heterocycles. The molecule has 0 radical (unpaired) electrons. The van der Waals surface area contributed by atoms with Crippen LogP contribution >= 0.6 is 0 Å². The van der Waals surface area contributed by atoms with E-state index in [1.165, 1.54) is 11.1 Å². The van der Waals surface area contributed by atoms with Gasteiger partial charge in [-0.1, -0.05) is 111 Å². The van der Waals surface area contributed by atoms with Gasteiger partial charge in [0.15, 0.2) is 0 Å². The molecular formula is C26H28O2. The van der Waals surface area contributed by atoms with Crippen molar-refractivity contribution in [2.45, 2.75) is 25.7 Å². The topological polar surface area (TPSA) is 34.1 Å². The maximum absolute atomic E-state index is 10.3. The summed E-state index contributed by atoms with van der Waals surface area (Å²) in [5.74, 6) is 0.0289. The van der Waals surface area contributed by atoms with E-state index in [2.05, 4.69) is 6.58 Å². The van der Waals surface area contributed by atoms with Gasteiger partial charge in [0.25, 0.3) is 0 Å². The third kappa shape index (κ3) is 10.0. The van der Waals surface area contributed by atoms with Crippen molar-refractivity contribution in [2.75, 3.05) is 0 Å². The van der Waals surface area contributed by atoms with Crippen LogP contribution in [0.25, 0.3) is 6.08 Å². The molecule has 2 heteroatoms. The Morgan fingerprint density at radius 3 is 1.71 bits per heavy atom. The molecule has 1 atom stereocenters. The highest BCUT2D eigenvalue weighted by Gasteiger charge is 1.99. The normalized spacial score (nSPS) is 10.2. The first kappa shape index (κ1) is 22.8. The fraction of sp³-hybridized carbons (Fsp3) is 0.154. The van der Waals surface area contributed by atoms with Crippen molar-refractivity contribution in [1.29, 1.82) is 0 Å². The Labute approximate surface area is 168 Å². The Morgan fingerprint density at radius 2 is 1.29 bits per heavy atom. The van der Waals surface area contributed by atoms with Crippen molar-refractivity contribution in [3.63, 3.8) is 0 Å². The second-order valence-corrected chi connectivity index (χ2v) is 6.14. The van der Waals surface area contributed by atoms with Gasteiger partial charge in [-0.25, -0.2) is 0 Å². The average Bonchev–Trinajstić information content (AvgIpc) is 2.80. The van der Waals surface area contributed by atoms with Gasteiger partial charge in [0.05, 0.1) is 0 Å². The molecule has 0 heterocycles. The van der Waals surface area contributed by atoms with E-state index in [4.69, 9.17) is 0 Å². The lowest BCUT2D eigenvalue weighted by molar-refractivity contribution is -0.109. The number of carbonyl (C=O) groups excluding carboxylic acids is 2. The van der Waals surface area contributed by atoms with E-state index in [0.29, 0.717) is 6.42 Å². The van der Waals surface area contributed by atoms with E-state index >= 15 is 0 Å². The minimum absolute atomic E-state index is 0.0289. The summed E-state index contributed by atoms with van der Waals surface area (Å²) in [5.41, 5.74) is 3.49. The monoisotopic (exact) mass is 372 g/mol. The molecule has 28 heavy (non-hydrogen) atoms. The summed E-state index contributed by atoms with van der Waals surface area (Å²) < 4.78 is 0. The molecule has 0 aliphatic rings. The molecule has 2 nitrogen and oxygen atoms in total. The Bertz CT molecular complexity index is 780. The van der Waals surface area contributed by atoms with Gasteiger partial charge in [-0.3, -0.25) is 0 Å². The van der Waals surface area contributed by atoms with E-state index < -0.39 is 0 Å². The van der Waals surface area contributed by atoms with Gasteiger partial charge in [-0.05, 0) is 23.1 Å². The molecule has 0 N–H and O–H groups in total. The van der Waals surface area contributed by atoms with Crippen LogP contribution in [0.3, 0.4) is 0 Å². The molecule has 3 aromatic rings. The lowest BCUT2D eigenvalue weighted by Crippen LogP contribution is -1.92. The van der Waals surface area contributed by atoms with Gasteiger partial charge in [0, 0.05) is 12.3 Å². The fourth-order valence-corrected chi connectivity index (χ4v) is 2.29. The van der Waals surface area contributed by atoms with E-state index in [1.807, 2.05) is 104 Å². The predicted octanol–water partition coefficient (Wildman–Crippen LogP) is 6.14. The number of rotatable bonds is 6. The summed E-state index contributed by atoms with van der Waals surface area (Å²) in [6.07, 6.45) is 5.23. The molecule has 0 fully saturated rings. The number of hydrogen-bond acceptors (Lipinski definition) is 2. The van der Waals surface area contributed by atoms with Crippen LogP contribution in [0.2, 0.25) is 0 Å². The summed E-state index contributed by atoms with van der Waals surface area (Å²) in [6.45, 7) is 5.52. The van der Waals surface area contributed by atoms with Gasteiger partial charge in [-0.15, -0.1) is 0 Å². The molecule has 3 rings (SSSR count). The number of benzene rings is 3. The molecule has 0 spiro atoms. The molecule has 0 amide bonds. The van der Waals surface area contributed by atoms with Crippen molar-refractivity contribution in [1.82, 2.24) is 0 Å². The zero-order valence-electron chi connectivity index (χ0n) is 16.4. The Balaban J connectivity index is 0.000000212. The van der Waals surface area contributed by atoms with Crippen molar-refractivity contribution in [3.05, 3.63) is 114 Å². The second-order valence-electron chi connectivity index (χ2n) is 6.14. The third-order valence-corrected chi connectivity index (χ3v) is 3.96. The van der Waals surface area contributed by atoms with Crippen LogP contribution in [0.15, 0.2) is 97.6 Å². The van der Waals surface area contributed by atoms with Crippen molar-refractivity contribution in [2.24, 2.45) is 0 Å². The molecule has 0 aliphatic carbocycles. The van der Waals surface area contributed by atoms with Crippen LogP contribution in [0, 0.1) is 0 Å². The summed E-state index contributed by atoms with van der Waals surface area (Å²) in [5, 5.41) is 0. The molecule has 0 saturated carbocycles. The highest BCUT2D eigenvalue weighted by molar-refractivity contribution is 5.61. The minimum Gasteiger partial charge on any atom is -0.303 e. The maximum Gasteiger partial charge on any atom is 0.127 e. The van der Waals surface area contributed by atoms with Gasteiger partial charge in [0.2, 0.25) is 0 Å².